The average Bonchev–Trinajstić information content (AvgIpc) is 2.87. The topological polar surface area (TPSA) is 38.8 Å². The Bertz CT molecular complexity index is 1210. The second kappa shape index (κ2) is 9.84. The highest BCUT2D eigenvalue weighted by Crippen LogP contribution is 2.30. The number of piperazine rings is 1. The lowest BCUT2D eigenvalue weighted by molar-refractivity contribution is 0.194. The fraction of sp³-hybridized carbons (Fsp3) is 0.682. The van der Waals surface area contributed by atoms with Crippen LogP contribution in [0.25, 0.3) is 0 Å². The van der Waals surface area contributed by atoms with Gasteiger partial charge in [0.1, 0.15) is 0 Å². The number of amides is 2. The van der Waals surface area contributed by atoms with Crippen molar-refractivity contribution >= 4 is 23.3 Å². The van der Waals surface area contributed by atoms with Crippen LogP contribution in [0.15, 0.2) is 18.2 Å². The summed E-state index contributed by atoms with van der Waals surface area (Å²) in [5.41, 5.74) is 1.60. The van der Waals surface area contributed by atoms with Crippen LogP contribution in [0.4, 0.5) is 10.5 Å². The van der Waals surface area contributed by atoms with Gasteiger partial charge in [0.15, 0.2) is 0 Å². The number of carbonyl (C=O) groups is 1. The quantitative estimate of drug-likeness (QED) is 0.781. The van der Waals surface area contributed by atoms with Crippen molar-refractivity contribution in [3.05, 3.63) is 28.8 Å². The molecule has 1 aliphatic carbocycles. The zero-order valence-electron chi connectivity index (χ0n) is 30.9. The van der Waals surface area contributed by atoms with Gasteiger partial charge in [-0.25, -0.2) is 4.79 Å². The third kappa shape index (κ3) is 5.54. The van der Waals surface area contributed by atoms with E-state index >= 15 is 0 Å². The molecule has 1 saturated heterocycles. The first kappa shape index (κ1) is 9.13. The monoisotopic (exact) mass is 421 g/mol. The van der Waals surface area contributed by atoms with Gasteiger partial charge in [0.2, 0.25) is 0 Å². The molecule has 1 aliphatic heterocycles. The number of nitrogens with one attached hydrogen (secondary N) is 1. The number of hydrogen-bond donors (Lipinski definition) is 1. The van der Waals surface area contributed by atoms with E-state index in [1.807, 2.05) is 30.0 Å². The van der Waals surface area contributed by atoms with Crippen LogP contribution in [0.5, 0.6) is 0 Å². The molecule has 0 radical (unpaired) electrons. The molecule has 28 heavy (non-hydrogen) atoms. The van der Waals surface area contributed by atoms with Crippen molar-refractivity contribution < 1.29 is 25.4 Å². The number of carbonyl (C=O) groups excluding carboxylic acids is 1. The third-order valence-corrected chi connectivity index (χ3v) is 5.02. The molecule has 2 amide bonds. The van der Waals surface area contributed by atoms with Crippen molar-refractivity contribution in [3.63, 3.8) is 0 Å². The molecule has 1 heterocycles. The smallest absolute Gasteiger partial charge is 0.317 e. The van der Waals surface area contributed by atoms with Crippen molar-refractivity contribution in [3.8, 4) is 0 Å². The number of halogens is 1. The maximum absolute atomic E-state index is 12.7. The van der Waals surface area contributed by atoms with E-state index in [-0.39, 0.29) is 18.0 Å². The van der Waals surface area contributed by atoms with Gasteiger partial charge in [0.05, 0.1) is 12.1 Å². The summed E-state index contributed by atoms with van der Waals surface area (Å²) in [5, 5.41) is 2.07. The van der Waals surface area contributed by atoms with Crippen LogP contribution in [0.2, 0.25) is 5.02 Å². The van der Waals surface area contributed by atoms with E-state index < -0.39 is 63.3 Å². The molecule has 156 valence electrons. The normalized spacial score (nSPS) is 44.8. The van der Waals surface area contributed by atoms with E-state index in [2.05, 4.69) is 0 Å². The molecule has 0 spiro atoms. The molecule has 0 aromatic heterocycles. The van der Waals surface area contributed by atoms with E-state index in [1.165, 1.54) is 10.2 Å². The van der Waals surface area contributed by atoms with Gasteiger partial charge in [-0.2, -0.15) is 0 Å². The molecule has 0 atom stereocenters. The highest BCUT2D eigenvalue weighted by atomic mass is 35.5. The van der Waals surface area contributed by atoms with Crippen molar-refractivity contribution in [1.29, 1.82) is 0 Å². The van der Waals surface area contributed by atoms with Crippen LogP contribution in [0, 0.1) is 12.8 Å². The maximum atomic E-state index is 12.7. The maximum Gasteiger partial charge on any atom is 0.317 e. The SMILES string of the molecule is [2H]C([2H])([2H])N(C)C(=O)NC1([2H])C([2H])([2H])C([2H])([2H])C([2H])(C([2H])([2H])CN2CCN(c3cccc(C)c3Cl)CC2)C([2H])([2H])C1([2H])[2H]. The minimum atomic E-state index is -3.96. The summed E-state index contributed by atoms with van der Waals surface area (Å²) < 4.78 is 126. The van der Waals surface area contributed by atoms with Crippen molar-refractivity contribution in [1.82, 2.24) is 15.1 Å². The van der Waals surface area contributed by atoms with E-state index in [0.29, 0.717) is 18.1 Å². The highest BCUT2D eigenvalue weighted by Gasteiger charge is 2.24. The Kier molecular flexibility index (Phi) is 3.21. The number of rotatable bonds is 5. The minimum absolute atomic E-state index is 0.0337. The van der Waals surface area contributed by atoms with Gasteiger partial charge in [0.25, 0.3) is 0 Å². The van der Waals surface area contributed by atoms with Crippen LogP contribution >= 0.6 is 11.6 Å². The Labute approximate surface area is 196 Å². The van der Waals surface area contributed by atoms with Gasteiger partial charge < -0.3 is 15.1 Å². The summed E-state index contributed by atoms with van der Waals surface area (Å²) in [4.78, 5) is 16.1. The van der Waals surface area contributed by atoms with Gasteiger partial charge in [-0.1, -0.05) is 23.7 Å². The van der Waals surface area contributed by atoms with Crippen LogP contribution in [0.3, 0.4) is 0 Å². The summed E-state index contributed by atoms with van der Waals surface area (Å²) in [6.45, 7) is -1.04. The molecule has 1 aromatic carbocycles. The van der Waals surface area contributed by atoms with Crippen LogP contribution in [0.1, 0.15) is 58.0 Å². The van der Waals surface area contributed by atoms with E-state index in [4.69, 9.17) is 32.2 Å². The number of aryl methyl sites for hydroxylation is 1. The Morgan fingerprint density at radius 2 is 2.07 bits per heavy atom. The zero-order valence-corrected chi connectivity index (χ0v) is 16.7. The summed E-state index contributed by atoms with van der Waals surface area (Å²) in [6.07, 6.45) is -19.1. The fourth-order valence-corrected chi connectivity index (χ4v) is 3.11. The summed E-state index contributed by atoms with van der Waals surface area (Å²) >= 11 is 6.43. The predicted octanol–water partition coefficient (Wildman–Crippen LogP) is 3.99. The lowest BCUT2D eigenvalue weighted by Gasteiger charge is -2.37. The molecular weight excluding hydrogens is 372 g/mol. The van der Waals surface area contributed by atoms with Crippen LogP contribution in [-0.2, 0) is 0 Å². The first-order valence-electron chi connectivity index (χ1n) is 16.4. The lowest BCUT2D eigenvalue weighted by Crippen LogP contribution is -2.47. The minimum Gasteiger partial charge on any atom is -0.368 e. The van der Waals surface area contributed by atoms with E-state index in [1.54, 1.807) is 0 Å². The van der Waals surface area contributed by atoms with Crippen molar-refractivity contribution in [2.24, 2.45) is 5.89 Å². The zero-order chi connectivity index (χ0) is 33.4. The van der Waals surface area contributed by atoms with Gasteiger partial charge in [0, 0.05) is 65.4 Å². The standard InChI is InChI=1S/C22H35ClN4O/c1-17-5-4-6-20(21(17)23)27-15-13-26(14-16-27)12-11-18-7-9-19(10-8-18)24-22(28)25(2)3/h4-6,18-19H,7-16H2,1-3H3,(H,24,28)/i2D3,7D2,8D2,9D2,10D2,11D2,18D,19D. The van der Waals surface area contributed by atoms with Crippen molar-refractivity contribution in [2.45, 2.75) is 44.8 Å². The molecule has 2 aliphatic rings. The second-order valence-electron chi connectivity index (χ2n) is 6.59. The van der Waals surface area contributed by atoms with Crippen molar-refractivity contribution in [2.75, 3.05) is 51.6 Å². The summed E-state index contributed by atoms with van der Waals surface area (Å²) in [7, 11) is 0.739. The van der Waals surface area contributed by atoms with E-state index in [0.717, 1.165) is 18.3 Å². The molecule has 0 bridgehead atoms. The van der Waals surface area contributed by atoms with Crippen LogP contribution < -0.4 is 10.2 Å². The first-order valence-corrected chi connectivity index (χ1v) is 9.32. The Hall–Kier alpha value is -1.46. The number of hydrogen-bond acceptors (Lipinski definition) is 3. The molecule has 5 nitrogen and oxygen atoms in total. The van der Waals surface area contributed by atoms with Gasteiger partial charge in [-0.15, -0.1) is 0 Å². The molecular formula is C22H35ClN4O. The first-order chi connectivity index (χ1) is 19.2. The molecule has 2 fully saturated rings. The largest absolute Gasteiger partial charge is 0.368 e. The van der Waals surface area contributed by atoms with Gasteiger partial charge in [-0.3, -0.25) is 4.90 Å². The average molecular weight is 422 g/mol. The fourth-order valence-electron chi connectivity index (χ4n) is 2.87. The summed E-state index contributed by atoms with van der Waals surface area (Å²) in [6, 6.07) is -0.0722. The predicted molar refractivity (Wildman–Crippen MR) is 117 cm³/mol. The number of benzene rings is 1. The number of urea groups is 1. The Morgan fingerprint density at radius 3 is 2.75 bits per heavy atom. The Balaban J connectivity index is 1.98. The molecule has 0 unspecified atom stereocenters. The molecule has 6 heteroatoms. The molecule has 1 N–H and O–H groups in total. The third-order valence-electron chi connectivity index (χ3n) is 4.53. The second-order valence-corrected chi connectivity index (χ2v) is 6.97. The number of anilines is 1. The molecule has 1 aromatic rings. The molecule has 3 rings (SSSR count). The number of nitrogens with zero attached hydrogens (tertiary/aromatic N) is 3. The van der Waals surface area contributed by atoms with Crippen LogP contribution in [-0.4, -0.2) is 68.6 Å². The van der Waals surface area contributed by atoms with Gasteiger partial charge in [-0.05, 0) is 62.9 Å². The van der Waals surface area contributed by atoms with E-state index in [9.17, 15) is 4.79 Å². The Morgan fingerprint density at radius 1 is 1.36 bits per heavy atom. The summed E-state index contributed by atoms with van der Waals surface area (Å²) in [5.74, 6) is -3.82. The van der Waals surface area contributed by atoms with Gasteiger partial charge >= 0.3 is 6.03 Å². The highest BCUT2D eigenvalue weighted by molar-refractivity contribution is 6.34. The lowest BCUT2D eigenvalue weighted by atomic mass is 9.84. The molecule has 1 saturated carbocycles.